The summed E-state index contributed by atoms with van der Waals surface area (Å²) >= 11 is 3.38. The maximum absolute atomic E-state index is 12.1. The number of benzene rings is 1. The number of carbonyl (C=O) groups is 1. The number of rotatable bonds is 2. The summed E-state index contributed by atoms with van der Waals surface area (Å²) in [6.45, 7) is 1.95. The Bertz CT molecular complexity index is 684. The summed E-state index contributed by atoms with van der Waals surface area (Å²) in [5.41, 5.74) is 1.90. The molecule has 1 aromatic carbocycles. The molecule has 0 saturated heterocycles. The van der Waals surface area contributed by atoms with E-state index < -0.39 is 0 Å². The summed E-state index contributed by atoms with van der Waals surface area (Å²) in [6, 6.07) is 7.32. The van der Waals surface area contributed by atoms with Crippen molar-refractivity contribution in [1.82, 2.24) is 9.78 Å². The van der Waals surface area contributed by atoms with Gasteiger partial charge in [-0.05, 0) is 24.6 Å². The normalized spacial score (nSPS) is 10.0. The number of amides is 1. The summed E-state index contributed by atoms with van der Waals surface area (Å²) in [5.74, 6) is 0.116. The van der Waals surface area contributed by atoms with E-state index in [0.717, 1.165) is 10.0 Å². The Kier molecular flexibility index (Phi) is 3.67. The standard InChI is InChI=1S/C13H11BrN4O/c1-8-3-4-9(5-11(8)14)13(19)17-12-10(6-15)7-16-18(12)2/h3-5,7H,1-2H3,(H,17,19). The van der Waals surface area contributed by atoms with Crippen molar-refractivity contribution in [2.24, 2.45) is 7.05 Å². The second-order valence-electron chi connectivity index (χ2n) is 4.06. The maximum atomic E-state index is 12.1. The fourth-order valence-electron chi connectivity index (χ4n) is 1.58. The molecule has 19 heavy (non-hydrogen) atoms. The minimum Gasteiger partial charge on any atom is -0.306 e. The van der Waals surface area contributed by atoms with E-state index in [1.807, 2.05) is 19.1 Å². The van der Waals surface area contributed by atoms with Gasteiger partial charge in [-0.2, -0.15) is 10.4 Å². The van der Waals surface area contributed by atoms with Crippen LogP contribution < -0.4 is 5.32 Å². The first-order chi connectivity index (χ1) is 9.02. The van der Waals surface area contributed by atoms with E-state index in [-0.39, 0.29) is 5.91 Å². The lowest BCUT2D eigenvalue weighted by Gasteiger charge is -2.07. The first kappa shape index (κ1) is 13.3. The van der Waals surface area contributed by atoms with Gasteiger partial charge in [-0.1, -0.05) is 22.0 Å². The number of carbonyl (C=O) groups excluding carboxylic acids is 1. The molecule has 0 fully saturated rings. The molecule has 0 saturated carbocycles. The van der Waals surface area contributed by atoms with Gasteiger partial charge in [-0.25, -0.2) is 0 Å². The number of nitrogens with zero attached hydrogens (tertiary/aromatic N) is 3. The number of halogens is 1. The second kappa shape index (κ2) is 5.24. The van der Waals surface area contributed by atoms with Gasteiger partial charge in [0.15, 0.2) is 0 Å². The summed E-state index contributed by atoms with van der Waals surface area (Å²) in [7, 11) is 1.67. The number of hydrogen-bond acceptors (Lipinski definition) is 3. The van der Waals surface area contributed by atoms with Crippen LogP contribution in [0.3, 0.4) is 0 Å². The smallest absolute Gasteiger partial charge is 0.256 e. The van der Waals surface area contributed by atoms with E-state index in [4.69, 9.17) is 5.26 Å². The highest BCUT2D eigenvalue weighted by atomic mass is 79.9. The number of hydrogen-bond donors (Lipinski definition) is 1. The molecule has 0 unspecified atom stereocenters. The van der Waals surface area contributed by atoms with E-state index >= 15 is 0 Å². The van der Waals surface area contributed by atoms with Gasteiger partial charge < -0.3 is 5.32 Å². The first-order valence-corrected chi connectivity index (χ1v) is 6.32. The Balaban J connectivity index is 2.28. The van der Waals surface area contributed by atoms with Gasteiger partial charge in [0.05, 0.1) is 6.20 Å². The minimum absolute atomic E-state index is 0.277. The predicted molar refractivity (Wildman–Crippen MR) is 74.8 cm³/mol. The minimum atomic E-state index is -0.277. The summed E-state index contributed by atoms with van der Waals surface area (Å²) in [5, 5.41) is 15.6. The molecule has 0 aliphatic heterocycles. The molecule has 1 amide bonds. The molecular formula is C13H11BrN4O. The van der Waals surface area contributed by atoms with E-state index in [0.29, 0.717) is 16.9 Å². The Morgan fingerprint density at radius 2 is 2.26 bits per heavy atom. The molecule has 5 nitrogen and oxygen atoms in total. The monoisotopic (exact) mass is 318 g/mol. The predicted octanol–water partition coefficient (Wildman–Crippen LogP) is 2.62. The van der Waals surface area contributed by atoms with E-state index in [9.17, 15) is 4.79 Å². The Hall–Kier alpha value is -2.13. The fraction of sp³-hybridized carbons (Fsp3) is 0.154. The average molecular weight is 319 g/mol. The highest BCUT2D eigenvalue weighted by molar-refractivity contribution is 9.10. The van der Waals surface area contributed by atoms with Crippen molar-refractivity contribution in [2.45, 2.75) is 6.92 Å². The highest BCUT2D eigenvalue weighted by Gasteiger charge is 2.13. The Morgan fingerprint density at radius 1 is 1.53 bits per heavy atom. The van der Waals surface area contributed by atoms with Gasteiger partial charge in [-0.3, -0.25) is 9.48 Å². The topological polar surface area (TPSA) is 70.7 Å². The summed E-state index contributed by atoms with van der Waals surface area (Å²) in [4.78, 5) is 12.1. The molecule has 0 spiro atoms. The molecule has 2 rings (SSSR count). The molecule has 2 aromatic rings. The molecule has 1 aromatic heterocycles. The van der Waals surface area contributed by atoms with Crippen molar-refractivity contribution in [2.75, 3.05) is 5.32 Å². The molecule has 1 N–H and O–H groups in total. The molecule has 6 heteroatoms. The third-order valence-corrected chi connectivity index (χ3v) is 3.58. The van der Waals surface area contributed by atoms with Crippen molar-refractivity contribution < 1.29 is 4.79 Å². The second-order valence-corrected chi connectivity index (χ2v) is 4.91. The van der Waals surface area contributed by atoms with Gasteiger partial charge in [0, 0.05) is 17.1 Å². The zero-order chi connectivity index (χ0) is 14.0. The highest BCUT2D eigenvalue weighted by Crippen LogP contribution is 2.19. The van der Waals surface area contributed by atoms with Crippen molar-refractivity contribution in [3.05, 3.63) is 45.6 Å². The molecule has 1 heterocycles. The van der Waals surface area contributed by atoms with Crippen LogP contribution >= 0.6 is 15.9 Å². The van der Waals surface area contributed by atoms with Crippen molar-refractivity contribution in [3.8, 4) is 6.07 Å². The lowest BCUT2D eigenvalue weighted by atomic mass is 10.1. The van der Waals surface area contributed by atoms with Crippen LogP contribution in [0.1, 0.15) is 21.5 Å². The van der Waals surface area contributed by atoms with Crippen molar-refractivity contribution >= 4 is 27.7 Å². The van der Waals surface area contributed by atoms with E-state index in [2.05, 4.69) is 26.3 Å². The third kappa shape index (κ3) is 2.66. The van der Waals surface area contributed by atoms with Crippen molar-refractivity contribution in [3.63, 3.8) is 0 Å². The van der Waals surface area contributed by atoms with Crippen molar-refractivity contribution in [1.29, 1.82) is 5.26 Å². The quantitative estimate of drug-likeness (QED) is 0.925. The maximum Gasteiger partial charge on any atom is 0.256 e. The van der Waals surface area contributed by atoms with Gasteiger partial charge in [0.2, 0.25) is 0 Å². The SMILES string of the molecule is Cc1ccc(C(=O)Nc2c(C#N)cnn2C)cc1Br. The molecular weight excluding hydrogens is 308 g/mol. The van der Waals surface area contributed by atoms with Crippen LogP contribution in [0.15, 0.2) is 28.9 Å². The zero-order valence-electron chi connectivity index (χ0n) is 10.4. The lowest BCUT2D eigenvalue weighted by Crippen LogP contribution is -2.15. The van der Waals surface area contributed by atoms with Crippen LogP contribution in [0, 0.1) is 18.3 Å². The number of aromatic nitrogens is 2. The lowest BCUT2D eigenvalue weighted by molar-refractivity contribution is 0.102. The van der Waals surface area contributed by atoms with Crippen LogP contribution in [0.4, 0.5) is 5.82 Å². The van der Waals surface area contributed by atoms with Crippen LogP contribution in [-0.4, -0.2) is 15.7 Å². The van der Waals surface area contributed by atoms with Crippen LogP contribution in [0.2, 0.25) is 0 Å². The fourth-order valence-corrected chi connectivity index (χ4v) is 1.96. The van der Waals surface area contributed by atoms with Crippen LogP contribution in [-0.2, 0) is 7.05 Å². The van der Waals surface area contributed by atoms with Crippen LogP contribution in [0.25, 0.3) is 0 Å². The number of aryl methyl sites for hydroxylation is 2. The molecule has 0 radical (unpaired) electrons. The largest absolute Gasteiger partial charge is 0.306 e. The molecule has 0 aliphatic carbocycles. The van der Waals surface area contributed by atoms with Gasteiger partial charge in [0.1, 0.15) is 17.5 Å². The van der Waals surface area contributed by atoms with E-state index in [1.54, 1.807) is 19.2 Å². The Morgan fingerprint density at radius 3 is 2.89 bits per heavy atom. The molecule has 0 atom stereocenters. The summed E-state index contributed by atoms with van der Waals surface area (Å²) in [6.07, 6.45) is 1.42. The zero-order valence-corrected chi connectivity index (χ0v) is 12.0. The molecule has 96 valence electrons. The number of nitrogens with one attached hydrogen (secondary N) is 1. The van der Waals surface area contributed by atoms with Crippen LogP contribution in [0.5, 0.6) is 0 Å². The van der Waals surface area contributed by atoms with Gasteiger partial charge in [-0.15, -0.1) is 0 Å². The van der Waals surface area contributed by atoms with E-state index in [1.165, 1.54) is 10.9 Å². The first-order valence-electron chi connectivity index (χ1n) is 5.52. The average Bonchev–Trinajstić information content (AvgIpc) is 2.74. The van der Waals surface area contributed by atoms with Gasteiger partial charge >= 0.3 is 0 Å². The third-order valence-electron chi connectivity index (χ3n) is 2.73. The Labute approximate surface area is 119 Å². The summed E-state index contributed by atoms with van der Waals surface area (Å²) < 4.78 is 2.32. The molecule has 0 aliphatic rings. The molecule has 0 bridgehead atoms. The number of nitriles is 1. The van der Waals surface area contributed by atoms with Gasteiger partial charge in [0.25, 0.3) is 5.91 Å². The number of anilines is 1.